The van der Waals surface area contributed by atoms with Crippen molar-refractivity contribution in [1.29, 1.82) is 0 Å². The molecular weight excluding hydrogens is 272 g/mol. The first-order valence-corrected chi connectivity index (χ1v) is 7.51. The number of rotatable bonds is 5. The third-order valence-corrected chi connectivity index (χ3v) is 4.31. The van der Waals surface area contributed by atoms with Gasteiger partial charge in [-0.25, -0.2) is 4.79 Å². The van der Waals surface area contributed by atoms with Gasteiger partial charge in [0.15, 0.2) is 0 Å². The van der Waals surface area contributed by atoms with E-state index in [0.29, 0.717) is 18.8 Å². The minimum atomic E-state index is -0.474. The lowest BCUT2D eigenvalue weighted by atomic mass is 10.0. The van der Waals surface area contributed by atoms with Crippen LogP contribution in [-0.4, -0.2) is 33.9 Å². The van der Waals surface area contributed by atoms with Gasteiger partial charge in [0.2, 0.25) is 0 Å². The maximum absolute atomic E-state index is 12.2. The van der Waals surface area contributed by atoms with E-state index >= 15 is 0 Å². The molecule has 2 rings (SSSR count). The monoisotopic (exact) mass is 296 g/mol. The lowest BCUT2D eigenvalue weighted by Gasteiger charge is -2.28. The lowest BCUT2D eigenvalue weighted by Crippen LogP contribution is -2.42. The zero-order chi connectivity index (χ0) is 15.6. The Morgan fingerprint density at radius 2 is 2.14 bits per heavy atom. The maximum Gasteiger partial charge on any atom is 0.330 e. The Balaban J connectivity index is 2.48. The molecule has 0 amide bonds. The van der Waals surface area contributed by atoms with Gasteiger partial charge in [-0.05, 0) is 18.8 Å². The molecule has 7 heteroatoms. The predicted molar refractivity (Wildman–Crippen MR) is 82.6 cm³/mol. The summed E-state index contributed by atoms with van der Waals surface area (Å²) in [5.74, 6) is 0.481. The van der Waals surface area contributed by atoms with Crippen LogP contribution in [0.3, 0.4) is 0 Å². The van der Waals surface area contributed by atoms with Crippen LogP contribution in [0.1, 0.15) is 33.1 Å². The Morgan fingerprint density at radius 1 is 1.43 bits per heavy atom. The van der Waals surface area contributed by atoms with E-state index in [2.05, 4.69) is 4.98 Å². The van der Waals surface area contributed by atoms with Crippen molar-refractivity contribution >= 4 is 11.5 Å². The lowest BCUT2D eigenvalue weighted by molar-refractivity contribution is 0.244. The zero-order valence-electron chi connectivity index (χ0n) is 12.6. The second-order valence-corrected chi connectivity index (χ2v) is 5.71. The molecule has 21 heavy (non-hydrogen) atoms. The van der Waals surface area contributed by atoms with E-state index in [0.717, 1.165) is 19.3 Å². The second kappa shape index (κ2) is 6.34. The summed E-state index contributed by atoms with van der Waals surface area (Å²) in [5, 5.41) is 9.55. The number of aromatic nitrogens is 2. The number of nitrogens with one attached hydrogen (secondary N) is 1. The molecule has 2 unspecified atom stereocenters. The number of nitrogens with two attached hydrogens (primary N) is 1. The topological polar surface area (TPSA) is 104 Å². The van der Waals surface area contributed by atoms with E-state index in [1.54, 1.807) is 0 Å². The molecule has 1 aliphatic rings. The highest BCUT2D eigenvalue weighted by atomic mass is 16.3. The van der Waals surface area contributed by atoms with Crippen LogP contribution in [0.25, 0.3) is 0 Å². The standard InChI is InChI=1S/C14H24N4O3/c1-3-4-6-18-12(15)11(13(20)16-14(18)21)17-7-5-9(2)10(17)8-19/h9-10,19H,3-8,15H2,1-2H3,(H,16,20,21). The Labute approximate surface area is 123 Å². The van der Waals surface area contributed by atoms with Gasteiger partial charge in [0.05, 0.1) is 12.6 Å². The highest BCUT2D eigenvalue weighted by Gasteiger charge is 2.34. The van der Waals surface area contributed by atoms with Crippen LogP contribution in [0.5, 0.6) is 0 Å². The highest BCUT2D eigenvalue weighted by Crippen LogP contribution is 2.30. The Hall–Kier alpha value is -1.76. The van der Waals surface area contributed by atoms with E-state index < -0.39 is 11.2 Å². The van der Waals surface area contributed by atoms with Crippen molar-refractivity contribution in [1.82, 2.24) is 9.55 Å². The summed E-state index contributed by atoms with van der Waals surface area (Å²) in [6, 6.07) is -0.134. The third kappa shape index (κ3) is 2.83. The van der Waals surface area contributed by atoms with Crippen LogP contribution in [0.2, 0.25) is 0 Å². The number of H-pyrrole nitrogens is 1. The quantitative estimate of drug-likeness (QED) is 0.716. The van der Waals surface area contributed by atoms with Crippen LogP contribution in [0, 0.1) is 5.92 Å². The molecule has 0 bridgehead atoms. The van der Waals surface area contributed by atoms with Crippen LogP contribution >= 0.6 is 0 Å². The summed E-state index contributed by atoms with van der Waals surface area (Å²) in [7, 11) is 0. The second-order valence-electron chi connectivity index (χ2n) is 5.71. The van der Waals surface area contributed by atoms with Gasteiger partial charge >= 0.3 is 5.69 Å². The summed E-state index contributed by atoms with van der Waals surface area (Å²) >= 11 is 0. The smallest absolute Gasteiger partial charge is 0.330 e. The normalized spacial score (nSPS) is 22.0. The summed E-state index contributed by atoms with van der Waals surface area (Å²) in [6.45, 7) is 5.17. The van der Waals surface area contributed by atoms with Crippen LogP contribution in [-0.2, 0) is 6.54 Å². The van der Waals surface area contributed by atoms with Crippen LogP contribution < -0.4 is 21.9 Å². The first-order chi connectivity index (χ1) is 10.0. The SMILES string of the molecule is CCCCn1c(N)c(N2CCC(C)C2CO)c(=O)[nH]c1=O. The zero-order valence-corrected chi connectivity index (χ0v) is 12.6. The van der Waals surface area contributed by atoms with E-state index in [-0.39, 0.29) is 24.4 Å². The van der Waals surface area contributed by atoms with E-state index in [9.17, 15) is 14.7 Å². The molecule has 1 aromatic heterocycles. The third-order valence-electron chi connectivity index (χ3n) is 4.31. The van der Waals surface area contributed by atoms with E-state index in [1.165, 1.54) is 4.57 Å². The fraction of sp³-hybridized carbons (Fsp3) is 0.714. The van der Waals surface area contributed by atoms with Crippen molar-refractivity contribution < 1.29 is 5.11 Å². The minimum absolute atomic E-state index is 0.0336. The molecule has 0 aliphatic carbocycles. The first kappa shape index (κ1) is 15.6. The number of hydrogen-bond acceptors (Lipinski definition) is 5. The number of nitrogens with zero attached hydrogens (tertiary/aromatic N) is 2. The van der Waals surface area contributed by atoms with Crippen molar-refractivity contribution in [3.8, 4) is 0 Å². The number of aliphatic hydroxyl groups excluding tert-OH is 1. The molecule has 0 radical (unpaired) electrons. The van der Waals surface area contributed by atoms with Gasteiger partial charge in [0.25, 0.3) is 5.56 Å². The fourth-order valence-electron chi connectivity index (χ4n) is 2.96. The van der Waals surface area contributed by atoms with Gasteiger partial charge in [-0.15, -0.1) is 0 Å². The molecule has 0 aromatic carbocycles. The summed E-state index contributed by atoms with van der Waals surface area (Å²) in [5.41, 5.74) is 5.46. The van der Waals surface area contributed by atoms with Crippen molar-refractivity contribution in [2.75, 3.05) is 23.8 Å². The Morgan fingerprint density at radius 3 is 2.76 bits per heavy atom. The number of unbranched alkanes of at least 4 members (excludes halogenated alkanes) is 1. The Kier molecular flexibility index (Phi) is 4.72. The van der Waals surface area contributed by atoms with Crippen molar-refractivity contribution in [2.45, 2.75) is 45.7 Å². The molecule has 0 spiro atoms. The molecule has 7 nitrogen and oxygen atoms in total. The first-order valence-electron chi connectivity index (χ1n) is 7.51. The fourth-order valence-corrected chi connectivity index (χ4v) is 2.96. The molecule has 1 saturated heterocycles. The number of aliphatic hydroxyl groups is 1. The molecular formula is C14H24N4O3. The minimum Gasteiger partial charge on any atom is -0.394 e. The maximum atomic E-state index is 12.2. The van der Waals surface area contributed by atoms with E-state index in [1.807, 2.05) is 18.7 Å². The largest absolute Gasteiger partial charge is 0.394 e. The summed E-state index contributed by atoms with van der Waals surface area (Å²) < 4.78 is 1.41. The van der Waals surface area contributed by atoms with E-state index in [4.69, 9.17) is 5.73 Å². The average Bonchev–Trinajstić information content (AvgIpc) is 2.79. The molecule has 0 saturated carbocycles. The number of anilines is 2. The van der Waals surface area contributed by atoms with Crippen LogP contribution in [0.15, 0.2) is 9.59 Å². The summed E-state index contributed by atoms with van der Waals surface area (Å²) in [6.07, 6.45) is 2.63. The summed E-state index contributed by atoms with van der Waals surface area (Å²) in [4.78, 5) is 28.3. The van der Waals surface area contributed by atoms with Gasteiger partial charge in [0, 0.05) is 13.1 Å². The molecule has 4 N–H and O–H groups in total. The molecule has 1 aromatic rings. The average molecular weight is 296 g/mol. The molecule has 118 valence electrons. The molecule has 1 fully saturated rings. The number of hydrogen-bond donors (Lipinski definition) is 3. The highest BCUT2D eigenvalue weighted by molar-refractivity contribution is 5.63. The Bertz CT molecular complexity index is 607. The van der Waals surface area contributed by atoms with Gasteiger partial charge in [-0.1, -0.05) is 20.3 Å². The van der Waals surface area contributed by atoms with Crippen LogP contribution in [0.4, 0.5) is 11.5 Å². The molecule has 2 heterocycles. The number of nitrogen functional groups attached to an aromatic ring is 1. The van der Waals surface area contributed by atoms with Crippen molar-refractivity contribution in [2.24, 2.45) is 5.92 Å². The van der Waals surface area contributed by atoms with Gasteiger partial charge in [-0.3, -0.25) is 14.3 Å². The van der Waals surface area contributed by atoms with Gasteiger partial charge in [-0.2, -0.15) is 0 Å². The predicted octanol–water partition coefficient (Wildman–Crippen LogP) is 0.126. The van der Waals surface area contributed by atoms with Gasteiger partial charge < -0.3 is 15.7 Å². The van der Waals surface area contributed by atoms with Crippen molar-refractivity contribution in [3.63, 3.8) is 0 Å². The van der Waals surface area contributed by atoms with Gasteiger partial charge in [0.1, 0.15) is 11.5 Å². The molecule has 1 aliphatic heterocycles. The number of aromatic amines is 1. The molecule has 2 atom stereocenters. The van der Waals surface area contributed by atoms with Crippen molar-refractivity contribution in [3.05, 3.63) is 20.8 Å².